The molecule has 6 nitrogen and oxygen atoms in total. The summed E-state index contributed by atoms with van der Waals surface area (Å²) >= 11 is 0. The Kier molecular flexibility index (Phi) is 6.90. The number of carbonyl (C=O) groups is 2. The van der Waals surface area contributed by atoms with Crippen molar-refractivity contribution in [1.29, 1.82) is 0 Å². The van der Waals surface area contributed by atoms with Crippen molar-refractivity contribution in [2.75, 3.05) is 12.0 Å². The summed E-state index contributed by atoms with van der Waals surface area (Å²) in [5.74, 6) is -0.714. The highest BCUT2D eigenvalue weighted by Gasteiger charge is 2.47. The topological polar surface area (TPSA) is 76.1 Å². The fourth-order valence-electron chi connectivity index (χ4n) is 4.80. The van der Waals surface area contributed by atoms with Crippen molar-refractivity contribution < 1.29 is 28.6 Å². The van der Waals surface area contributed by atoms with Crippen LogP contribution < -0.4 is 14.4 Å². The molecule has 1 fully saturated rings. The zero-order valence-corrected chi connectivity index (χ0v) is 21.6. The first kappa shape index (κ1) is 25.7. The molecule has 0 aromatic heterocycles. The lowest BCUT2D eigenvalue weighted by atomic mass is 9.93. The lowest BCUT2D eigenvalue weighted by Crippen LogP contribution is -2.29. The highest BCUT2D eigenvalue weighted by molar-refractivity contribution is 6.51. The maximum atomic E-state index is 13.8. The monoisotopic (exact) mass is 523 g/mol. The quantitative estimate of drug-likeness (QED) is 0.170. The van der Waals surface area contributed by atoms with Crippen molar-refractivity contribution in [2.45, 2.75) is 19.9 Å². The van der Waals surface area contributed by atoms with Gasteiger partial charge in [-0.25, -0.2) is 4.39 Å². The number of hydrogen-bond acceptors (Lipinski definition) is 5. The number of Topliss-reactive ketones (excluding diaryl/α,β-unsaturated/α-hetero) is 1. The number of ketones is 1. The van der Waals surface area contributed by atoms with E-state index in [0.29, 0.717) is 39.6 Å². The van der Waals surface area contributed by atoms with Gasteiger partial charge in [-0.15, -0.1) is 0 Å². The van der Waals surface area contributed by atoms with Crippen LogP contribution in [-0.2, 0) is 9.59 Å². The average Bonchev–Trinajstić information content (AvgIpc) is 3.20. The van der Waals surface area contributed by atoms with E-state index < -0.39 is 23.5 Å². The first-order chi connectivity index (χ1) is 18.8. The Morgan fingerprint density at radius 1 is 0.846 bits per heavy atom. The Balaban J connectivity index is 1.69. The highest BCUT2D eigenvalue weighted by atomic mass is 19.1. The molecule has 1 saturated heterocycles. The molecule has 1 aliphatic heterocycles. The molecular formula is C32H26FNO5. The second kappa shape index (κ2) is 10.5. The summed E-state index contributed by atoms with van der Waals surface area (Å²) in [7, 11) is 1.56. The largest absolute Gasteiger partial charge is 0.507 e. The molecule has 4 aromatic carbocycles. The number of amides is 1. The van der Waals surface area contributed by atoms with E-state index in [-0.39, 0.29) is 11.3 Å². The molecule has 1 N–H and O–H groups in total. The van der Waals surface area contributed by atoms with E-state index >= 15 is 0 Å². The maximum Gasteiger partial charge on any atom is 0.300 e. The summed E-state index contributed by atoms with van der Waals surface area (Å²) in [5.41, 5.74) is 2.62. The van der Waals surface area contributed by atoms with Crippen LogP contribution in [0.3, 0.4) is 0 Å². The minimum absolute atomic E-state index is 0.0751. The number of ether oxygens (including phenoxy) is 2. The van der Waals surface area contributed by atoms with Crippen LogP contribution in [0.2, 0.25) is 0 Å². The third-order valence-electron chi connectivity index (χ3n) is 6.70. The summed E-state index contributed by atoms with van der Waals surface area (Å²) in [5, 5.41) is 11.6. The second-order valence-electron chi connectivity index (χ2n) is 9.27. The predicted octanol–water partition coefficient (Wildman–Crippen LogP) is 6.87. The first-order valence-corrected chi connectivity index (χ1v) is 12.3. The Morgan fingerprint density at radius 2 is 1.54 bits per heavy atom. The molecule has 0 saturated carbocycles. The molecular weight excluding hydrogens is 497 g/mol. The summed E-state index contributed by atoms with van der Waals surface area (Å²) in [6, 6.07) is 24.0. The lowest BCUT2D eigenvalue weighted by molar-refractivity contribution is -0.132. The SMILES string of the molecule is COc1cc(C)c(/C(O)=C2\C(=O)C(=O)N(c3ccc(F)cc3)C2c2cccc(Oc3ccccc3)c2)cc1C. The molecule has 1 unspecified atom stereocenters. The van der Waals surface area contributed by atoms with Crippen LogP contribution in [0.1, 0.15) is 28.3 Å². The Morgan fingerprint density at radius 3 is 2.23 bits per heavy atom. The van der Waals surface area contributed by atoms with E-state index in [2.05, 4.69) is 0 Å². The Hall–Kier alpha value is -4.91. The van der Waals surface area contributed by atoms with Gasteiger partial charge in [-0.1, -0.05) is 30.3 Å². The number of methoxy groups -OCH3 is 1. The Bertz CT molecular complexity index is 1600. The molecule has 1 aliphatic rings. The van der Waals surface area contributed by atoms with Gasteiger partial charge in [0.05, 0.1) is 18.7 Å². The zero-order valence-electron chi connectivity index (χ0n) is 21.6. The fourth-order valence-corrected chi connectivity index (χ4v) is 4.80. The van der Waals surface area contributed by atoms with Crippen molar-refractivity contribution in [1.82, 2.24) is 0 Å². The second-order valence-corrected chi connectivity index (χ2v) is 9.27. The molecule has 1 heterocycles. The third-order valence-corrected chi connectivity index (χ3v) is 6.70. The number of aliphatic hydroxyl groups is 1. The van der Waals surface area contributed by atoms with Crippen molar-refractivity contribution in [2.24, 2.45) is 0 Å². The van der Waals surface area contributed by atoms with Gasteiger partial charge in [0, 0.05) is 11.3 Å². The van der Waals surface area contributed by atoms with E-state index in [0.717, 1.165) is 5.56 Å². The third kappa shape index (κ3) is 4.86. The zero-order chi connectivity index (χ0) is 27.7. The number of carbonyl (C=O) groups excluding carboxylic acids is 2. The van der Waals surface area contributed by atoms with Gasteiger partial charge in [-0.05, 0) is 91.2 Å². The predicted molar refractivity (Wildman–Crippen MR) is 147 cm³/mol. The highest BCUT2D eigenvalue weighted by Crippen LogP contribution is 2.44. The number of hydrogen-bond donors (Lipinski definition) is 1. The molecule has 1 atom stereocenters. The standard InChI is InChI=1S/C32H26FNO5/c1-19-17-27(38-3)20(2)16-26(19)30(35)28-29(34(32(37)31(28)36)23-14-12-22(33)13-15-23)21-8-7-11-25(18-21)39-24-9-5-4-6-10-24/h4-18,29,35H,1-3H3/b30-28+. The molecule has 5 rings (SSSR count). The molecule has 0 bridgehead atoms. The number of aliphatic hydroxyl groups excluding tert-OH is 1. The number of halogens is 1. The van der Waals surface area contributed by atoms with E-state index in [4.69, 9.17) is 9.47 Å². The van der Waals surface area contributed by atoms with Crippen molar-refractivity contribution in [3.8, 4) is 17.2 Å². The smallest absolute Gasteiger partial charge is 0.300 e. The van der Waals surface area contributed by atoms with Gasteiger partial charge in [-0.2, -0.15) is 0 Å². The Labute approximate surface area is 225 Å². The van der Waals surface area contributed by atoms with Gasteiger partial charge >= 0.3 is 0 Å². The van der Waals surface area contributed by atoms with Crippen LogP contribution >= 0.6 is 0 Å². The van der Waals surface area contributed by atoms with Crippen molar-refractivity contribution in [3.05, 3.63) is 125 Å². The molecule has 196 valence electrons. The van der Waals surface area contributed by atoms with Crippen molar-refractivity contribution in [3.63, 3.8) is 0 Å². The van der Waals surface area contributed by atoms with Crippen LogP contribution in [0.4, 0.5) is 10.1 Å². The summed E-state index contributed by atoms with van der Waals surface area (Å²) in [6.45, 7) is 3.62. The molecule has 1 amide bonds. The summed E-state index contributed by atoms with van der Waals surface area (Å²) in [4.78, 5) is 28.2. The number of rotatable bonds is 6. The van der Waals surface area contributed by atoms with E-state index in [1.807, 2.05) is 37.3 Å². The van der Waals surface area contributed by atoms with Crippen LogP contribution in [-0.4, -0.2) is 23.9 Å². The molecule has 7 heteroatoms. The number of aryl methyl sites for hydroxylation is 2. The van der Waals surface area contributed by atoms with Gasteiger partial charge in [-0.3, -0.25) is 14.5 Å². The molecule has 39 heavy (non-hydrogen) atoms. The lowest BCUT2D eigenvalue weighted by Gasteiger charge is -2.26. The minimum Gasteiger partial charge on any atom is -0.507 e. The van der Waals surface area contributed by atoms with Crippen LogP contribution in [0.25, 0.3) is 5.76 Å². The summed E-state index contributed by atoms with van der Waals surface area (Å²) < 4.78 is 25.1. The molecule has 4 aromatic rings. The first-order valence-electron chi connectivity index (χ1n) is 12.3. The van der Waals surface area contributed by atoms with Gasteiger partial charge in [0.1, 0.15) is 28.8 Å². The van der Waals surface area contributed by atoms with Gasteiger partial charge in [0.25, 0.3) is 11.7 Å². The van der Waals surface area contributed by atoms with Crippen LogP contribution in [0.5, 0.6) is 17.2 Å². The number of benzene rings is 4. The van der Waals surface area contributed by atoms with Gasteiger partial charge in [0.2, 0.25) is 0 Å². The van der Waals surface area contributed by atoms with Crippen LogP contribution in [0, 0.1) is 19.7 Å². The number of anilines is 1. The fraction of sp³-hybridized carbons (Fsp3) is 0.125. The summed E-state index contributed by atoms with van der Waals surface area (Å²) in [6.07, 6.45) is 0. The molecule has 0 spiro atoms. The molecule has 0 radical (unpaired) electrons. The maximum absolute atomic E-state index is 13.8. The normalized spacial score (nSPS) is 16.4. The van der Waals surface area contributed by atoms with Crippen molar-refractivity contribution >= 4 is 23.1 Å². The number of nitrogens with zero attached hydrogens (tertiary/aromatic N) is 1. The molecule has 0 aliphatic carbocycles. The number of para-hydroxylation sites is 1. The van der Waals surface area contributed by atoms with E-state index in [1.165, 1.54) is 29.2 Å². The van der Waals surface area contributed by atoms with E-state index in [9.17, 15) is 19.1 Å². The van der Waals surface area contributed by atoms with Crippen LogP contribution in [0.15, 0.2) is 96.6 Å². The van der Waals surface area contributed by atoms with Gasteiger partial charge in [0.15, 0.2) is 0 Å². The minimum atomic E-state index is -0.989. The van der Waals surface area contributed by atoms with E-state index in [1.54, 1.807) is 50.4 Å². The van der Waals surface area contributed by atoms with Gasteiger partial charge < -0.3 is 14.6 Å². The average molecular weight is 524 g/mol.